The Hall–Kier alpha value is -0.610. The van der Waals surface area contributed by atoms with Gasteiger partial charge in [-0.3, -0.25) is 0 Å². The van der Waals surface area contributed by atoms with E-state index in [1.807, 2.05) is 13.8 Å². The molecule has 0 amide bonds. The van der Waals surface area contributed by atoms with E-state index in [1.165, 1.54) is 6.92 Å². The minimum atomic E-state index is -1.23. The second kappa shape index (κ2) is 5.94. The number of rotatable bonds is 2. The summed E-state index contributed by atoms with van der Waals surface area (Å²) >= 11 is 0. The van der Waals surface area contributed by atoms with Crippen molar-refractivity contribution in [3.05, 3.63) is 0 Å². The van der Waals surface area contributed by atoms with Crippen LogP contribution in [0.2, 0.25) is 0 Å². The normalized spacial score (nSPS) is 13.2. The van der Waals surface area contributed by atoms with Crippen LogP contribution in [0.1, 0.15) is 34.6 Å². The Bertz CT molecular complexity index is 147. The molecule has 13 heavy (non-hydrogen) atoms. The largest absolute Gasteiger partial charge is 0.479 e. The Morgan fingerprint density at radius 3 is 1.46 bits per heavy atom. The van der Waals surface area contributed by atoms with Crippen LogP contribution in [0.25, 0.3) is 0 Å². The van der Waals surface area contributed by atoms with Gasteiger partial charge in [0.15, 0.2) is 0 Å². The quantitative estimate of drug-likeness (QED) is 0.603. The monoisotopic (exact) mass is 191 g/mol. The van der Waals surface area contributed by atoms with Crippen molar-refractivity contribution in [1.82, 2.24) is 0 Å². The highest BCUT2D eigenvalue weighted by Gasteiger charge is 2.14. The lowest BCUT2D eigenvalue weighted by atomic mass is 9.92. The summed E-state index contributed by atoms with van der Waals surface area (Å²) in [4.78, 5) is 9.45. The molecule has 80 valence electrons. The first kappa shape index (κ1) is 14.9. The Kier molecular flexibility index (Phi) is 6.80. The maximum Gasteiger partial charge on any atom is 0.332 e. The third-order valence-electron chi connectivity index (χ3n) is 1.85. The van der Waals surface area contributed by atoms with E-state index in [0.717, 1.165) is 0 Å². The van der Waals surface area contributed by atoms with Crippen molar-refractivity contribution in [3.63, 3.8) is 0 Å². The lowest BCUT2D eigenvalue weighted by molar-refractivity contribution is -0.145. The molecule has 4 nitrogen and oxygen atoms in total. The number of carboxylic acids is 1. The van der Waals surface area contributed by atoms with Crippen molar-refractivity contribution in [2.75, 3.05) is 0 Å². The van der Waals surface area contributed by atoms with E-state index < -0.39 is 12.1 Å². The van der Waals surface area contributed by atoms with Crippen molar-refractivity contribution in [2.24, 2.45) is 11.7 Å². The van der Waals surface area contributed by atoms with Crippen LogP contribution in [-0.2, 0) is 4.79 Å². The predicted molar refractivity (Wildman–Crippen MR) is 52.4 cm³/mol. The number of nitrogens with two attached hydrogens (primary N) is 1. The molecule has 0 saturated heterocycles. The number of aliphatic hydroxyl groups excluding tert-OH is 1. The highest BCUT2D eigenvalue weighted by atomic mass is 16.4. The summed E-state index contributed by atoms with van der Waals surface area (Å²) in [6.07, 6.45) is -1.23. The van der Waals surface area contributed by atoms with Gasteiger partial charge in [0.05, 0.1) is 0 Å². The SMILES string of the molecule is CC(C)C(C)(C)N.CC(O)C(=O)O. The fourth-order valence-corrected chi connectivity index (χ4v) is 0. The second-order valence-electron chi connectivity index (χ2n) is 3.99. The van der Waals surface area contributed by atoms with Crippen molar-refractivity contribution < 1.29 is 15.0 Å². The molecule has 0 spiro atoms. The van der Waals surface area contributed by atoms with E-state index in [9.17, 15) is 4.79 Å². The average Bonchev–Trinajstić information content (AvgIpc) is 1.86. The third-order valence-corrected chi connectivity index (χ3v) is 1.85. The lowest BCUT2D eigenvalue weighted by Crippen LogP contribution is -2.37. The zero-order chi connectivity index (χ0) is 11.2. The molecule has 0 saturated carbocycles. The fourth-order valence-electron chi connectivity index (χ4n) is 0. The molecule has 1 unspecified atom stereocenters. The van der Waals surface area contributed by atoms with E-state index in [2.05, 4.69) is 13.8 Å². The summed E-state index contributed by atoms with van der Waals surface area (Å²) in [6.45, 7) is 9.53. The molecule has 4 N–H and O–H groups in total. The van der Waals surface area contributed by atoms with Gasteiger partial charge in [0, 0.05) is 5.54 Å². The Morgan fingerprint density at radius 2 is 1.46 bits per heavy atom. The molecule has 0 heterocycles. The zero-order valence-corrected chi connectivity index (χ0v) is 9.03. The van der Waals surface area contributed by atoms with E-state index in [4.69, 9.17) is 15.9 Å². The highest BCUT2D eigenvalue weighted by Crippen LogP contribution is 2.09. The summed E-state index contributed by atoms with van der Waals surface area (Å²) in [7, 11) is 0. The number of hydrogen-bond acceptors (Lipinski definition) is 3. The van der Waals surface area contributed by atoms with Crippen LogP contribution in [0.5, 0.6) is 0 Å². The molecule has 0 aromatic rings. The fraction of sp³-hybridized carbons (Fsp3) is 0.889. The van der Waals surface area contributed by atoms with Crippen LogP contribution in [0.15, 0.2) is 0 Å². The summed E-state index contributed by atoms with van der Waals surface area (Å²) in [5.41, 5.74) is 5.68. The molecule has 0 rings (SSSR count). The van der Waals surface area contributed by atoms with Gasteiger partial charge in [-0.15, -0.1) is 0 Å². The molecule has 0 aliphatic heterocycles. The van der Waals surface area contributed by atoms with Gasteiger partial charge in [0.25, 0.3) is 0 Å². The Labute approximate surface area is 79.8 Å². The van der Waals surface area contributed by atoms with Gasteiger partial charge in [-0.2, -0.15) is 0 Å². The zero-order valence-electron chi connectivity index (χ0n) is 9.03. The van der Waals surface area contributed by atoms with E-state index in [-0.39, 0.29) is 5.54 Å². The summed E-state index contributed by atoms with van der Waals surface area (Å²) in [5, 5.41) is 15.8. The molecular weight excluding hydrogens is 170 g/mol. The molecule has 0 fully saturated rings. The predicted octanol–water partition coefficient (Wildman–Crippen LogP) is 0.832. The van der Waals surface area contributed by atoms with Crippen LogP contribution in [0, 0.1) is 5.92 Å². The number of aliphatic hydroxyl groups is 1. The smallest absolute Gasteiger partial charge is 0.332 e. The first-order valence-electron chi connectivity index (χ1n) is 4.28. The molecule has 0 aliphatic rings. The summed E-state index contributed by atoms with van der Waals surface area (Å²) in [6, 6.07) is 0. The molecule has 1 atom stereocenters. The van der Waals surface area contributed by atoms with Crippen molar-refractivity contribution in [3.8, 4) is 0 Å². The van der Waals surface area contributed by atoms with Gasteiger partial charge < -0.3 is 15.9 Å². The summed E-state index contributed by atoms with van der Waals surface area (Å²) < 4.78 is 0. The standard InChI is InChI=1S/C6H15N.C3H6O3/c1-5(2)6(3,4)7;1-2(4)3(5)6/h5H,7H2,1-4H3;2,4H,1H3,(H,5,6). The van der Waals surface area contributed by atoms with Crippen LogP contribution < -0.4 is 5.73 Å². The number of carboxylic acid groups (broad SMARTS) is 1. The second-order valence-corrected chi connectivity index (χ2v) is 3.99. The van der Waals surface area contributed by atoms with Gasteiger partial charge in [-0.1, -0.05) is 13.8 Å². The first-order chi connectivity index (χ1) is 5.59. The average molecular weight is 191 g/mol. The minimum Gasteiger partial charge on any atom is -0.479 e. The molecule has 0 bridgehead atoms. The molecular formula is C9H21NO3. The van der Waals surface area contributed by atoms with Gasteiger partial charge in [0.1, 0.15) is 6.10 Å². The molecule has 0 radical (unpaired) electrons. The van der Waals surface area contributed by atoms with Gasteiger partial charge in [-0.05, 0) is 26.7 Å². The third kappa shape index (κ3) is 11.4. The van der Waals surface area contributed by atoms with Gasteiger partial charge in [-0.25, -0.2) is 4.79 Å². The van der Waals surface area contributed by atoms with E-state index >= 15 is 0 Å². The molecule has 4 heteroatoms. The maximum atomic E-state index is 9.45. The minimum absolute atomic E-state index is 0. The molecule has 0 aliphatic carbocycles. The van der Waals surface area contributed by atoms with E-state index in [1.54, 1.807) is 0 Å². The molecule has 0 aromatic heterocycles. The van der Waals surface area contributed by atoms with Gasteiger partial charge in [0.2, 0.25) is 0 Å². The van der Waals surface area contributed by atoms with Crippen LogP contribution >= 0.6 is 0 Å². The maximum absolute atomic E-state index is 9.45. The van der Waals surface area contributed by atoms with Crippen LogP contribution in [0.3, 0.4) is 0 Å². The molecule has 0 aromatic carbocycles. The van der Waals surface area contributed by atoms with Crippen LogP contribution in [-0.4, -0.2) is 27.8 Å². The lowest BCUT2D eigenvalue weighted by Gasteiger charge is -2.22. The van der Waals surface area contributed by atoms with E-state index in [0.29, 0.717) is 5.92 Å². The van der Waals surface area contributed by atoms with Crippen molar-refractivity contribution >= 4 is 5.97 Å². The topological polar surface area (TPSA) is 83.5 Å². The first-order valence-corrected chi connectivity index (χ1v) is 4.28. The Morgan fingerprint density at radius 1 is 1.31 bits per heavy atom. The number of aliphatic carboxylic acids is 1. The van der Waals surface area contributed by atoms with Crippen LogP contribution in [0.4, 0.5) is 0 Å². The highest BCUT2D eigenvalue weighted by molar-refractivity contribution is 5.71. The Balaban J connectivity index is 0. The van der Waals surface area contributed by atoms with Crippen molar-refractivity contribution in [2.45, 2.75) is 46.3 Å². The summed E-state index contributed by atoms with van der Waals surface area (Å²) in [5.74, 6) is -0.609. The van der Waals surface area contributed by atoms with Crippen molar-refractivity contribution in [1.29, 1.82) is 0 Å². The van der Waals surface area contributed by atoms with Gasteiger partial charge >= 0.3 is 5.97 Å². The number of hydrogen-bond donors (Lipinski definition) is 3. The number of carbonyl (C=O) groups is 1.